The second-order valence-electron chi connectivity index (χ2n) is 4.69. The smallest absolute Gasteiger partial charge is 0.138 e. The monoisotopic (exact) mass is 353 g/mol. The molecule has 2 aromatic rings. The molecule has 0 radical (unpaired) electrons. The van der Waals surface area contributed by atoms with Crippen LogP contribution in [-0.4, -0.2) is 9.97 Å². The molecule has 1 heterocycles. The van der Waals surface area contributed by atoms with Crippen molar-refractivity contribution in [2.45, 2.75) is 33.6 Å². The van der Waals surface area contributed by atoms with E-state index in [2.05, 4.69) is 45.1 Å². The van der Waals surface area contributed by atoms with Crippen LogP contribution in [-0.2, 0) is 6.42 Å². The standard InChI is InChI=1S/C15H17BrClN3/c1-4-6-13-19-14(17)10(3)15(20-13)18-12-8-5-7-11(16)9(12)2/h5,7-8H,4,6H2,1-3H3,(H,18,19,20). The molecule has 0 unspecified atom stereocenters. The molecule has 0 aliphatic heterocycles. The molecule has 0 fully saturated rings. The maximum atomic E-state index is 6.19. The Labute approximate surface area is 132 Å². The maximum Gasteiger partial charge on any atom is 0.138 e. The van der Waals surface area contributed by atoms with Crippen LogP contribution >= 0.6 is 27.5 Å². The lowest BCUT2D eigenvalue weighted by atomic mass is 10.2. The van der Waals surface area contributed by atoms with Gasteiger partial charge in [0.15, 0.2) is 0 Å². The molecule has 0 saturated heterocycles. The molecule has 106 valence electrons. The summed E-state index contributed by atoms with van der Waals surface area (Å²) in [7, 11) is 0. The first-order valence-corrected chi connectivity index (χ1v) is 7.75. The summed E-state index contributed by atoms with van der Waals surface area (Å²) in [5.74, 6) is 1.55. The fourth-order valence-corrected chi connectivity index (χ4v) is 2.41. The molecule has 1 N–H and O–H groups in total. The lowest BCUT2D eigenvalue weighted by Crippen LogP contribution is -2.04. The molecule has 0 bridgehead atoms. The highest BCUT2D eigenvalue weighted by Crippen LogP contribution is 2.28. The van der Waals surface area contributed by atoms with Crippen LogP contribution in [0.2, 0.25) is 5.15 Å². The van der Waals surface area contributed by atoms with Gasteiger partial charge in [0.1, 0.15) is 16.8 Å². The summed E-state index contributed by atoms with van der Waals surface area (Å²) in [6.07, 6.45) is 1.82. The molecule has 0 aliphatic carbocycles. The Morgan fingerprint density at radius 1 is 1.20 bits per heavy atom. The number of aryl methyl sites for hydroxylation is 1. The Hall–Kier alpha value is -1.13. The quantitative estimate of drug-likeness (QED) is 0.766. The molecule has 0 spiro atoms. The summed E-state index contributed by atoms with van der Waals surface area (Å²) in [6.45, 7) is 6.08. The number of hydrogen-bond donors (Lipinski definition) is 1. The van der Waals surface area contributed by atoms with Gasteiger partial charge in [-0.3, -0.25) is 0 Å². The van der Waals surface area contributed by atoms with Crippen molar-refractivity contribution >= 4 is 39.0 Å². The van der Waals surface area contributed by atoms with Crippen LogP contribution in [0.15, 0.2) is 22.7 Å². The van der Waals surface area contributed by atoms with Crippen molar-refractivity contribution in [1.29, 1.82) is 0 Å². The minimum atomic E-state index is 0.513. The number of hydrogen-bond acceptors (Lipinski definition) is 3. The number of anilines is 2. The van der Waals surface area contributed by atoms with Gasteiger partial charge in [0.25, 0.3) is 0 Å². The van der Waals surface area contributed by atoms with Gasteiger partial charge in [0, 0.05) is 22.1 Å². The van der Waals surface area contributed by atoms with Crippen molar-refractivity contribution in [2.75, 3.05) is 5.32 Å². The molecule has 0 amide bonds. The fourth-order valence-electron chi connectivity index (χ4n) is 1.86. The maximum absolute atomic E-state index is 6.19. The molecule has 0 saturated carbocycles. The van der Waals surface area contributed by atoms with Gasteiger partial charge in [-0.2, -0.15) is 0 Å². The first-order chi connectivity index (χ1) is 9.52. The Kier molecular flexibility index (Phi) is 5.00. The van der Waals surface area contributed by atoms with Crippen LogP contribution in [0.1, 0.15) is 30.3 Å². The van der Waals surface area contributed by atoms with E-state index in [1.807, 2.05) is 25.1 Å². The van der Waals surface area contributed by atoms with Gasteiger partial charge in [-0.25, -0.2) is 9.97 Å². The fraction of sp³-hybridized carbons (Fsp3) is 0.333. The Morgan fingerprint density at radius 3 is 2.65 bits per heavy atom. The van der Waals surface area contributed by atoms with Crippen molar-refractivity contribution < 1.29 is 0 Å². The average molecular weight is 355 g/mol. The molecule has 0 aliphatic rings. The molecule has 20 heavy (non-hydrogen) atoms. The summed E-state index contributed by atoms with van der Waals surface area (Å²) in [5.41, 5.74) is 3.02. The zero-order valence-corrected chi connectivity index (χ0v) is 14.1. The van der Waals surface area contributed by atoms with Crippen LogP contribution in [0.5, 0.6) is 0 Å². The molecule has 1 aromatic carbocycles. The van der Waals surface area contributed by atoms with Gasteiger partial charge in [0.05, 0.1) is 0 Å². The van der Waals surface area contributed by atoms with Crippen molar-refractivity contribution in [3.8, 4) is 0 Å². The highest BCUT2D eigenvalue weighted by molar-refractivity contribution is 9.10. The lowest BCUT2D eigenvalue weighted by Gasteiger charge is -2.13. The summed E-state index contributed by atoms with van der Waals surface area (Å²) >= 11 is 9.72. The second kappa shape index (κ2) is 6.55. The van der Waals surface area contributed by atoms with Gasteiger partial charge >= 0.3 is 0 Å². The van der Waals surface area contributed by atoms with Gasteiger partial charge in [-0.15, -0.1) is 0 Å². The number of aromatic nitrogens is 2. The summed E-state index contributed by atoms with van der Waals surface area (Å²) < 4.78 is 1.06. The SMILES string of the molecule is CCCc1nc(Cl)c(C)c(Nc2cccc(Br)c2C)n1. The minimum Gasteiger partial charge on any atom is -0.340 e. The molecule has 3 nitrogen and oxygen atoms in total. The van der Waals surface area contributed by atoms with E-state index in [1.54, 1.807) is 0 Å². The predicted octanol–water partition coefficient (Wildman–Crippen LogP) is 5.21. The molecular weight excluding hydrogens is 338 g/mol. The van der Waals surface area contributed by atoms with Gasteiger partial charge in [-0.1, -0.05) is 40.5 Å². The molecule has 1 aromatic heterocycles. The molecular formula is C15H17BrClN3. The molecule has 5 heteroatoms. The van der Waals surface area contributed by atoms with Crippen LogP contribution < -0.4 is 5.32 Å². The topological polar surface area (TPSA) is 37.8 Å². The first kappa shape index (κ1) is 15.3. The Balaban J connectivity index is 2.39. The van der Waals surface area contributed by atoms with Crippen molar-refractivity contribution in [1.82, 2.24) is 9.97 Å². The third-order valence-corrected chi connectivity index (χ3v) is 4.35. The predicted molar refractivity (Wildman–Crippen MR) is 87.9 cm³/mol. The van der Waals surface area contributed by atoms with E-state index in [9.17, 15) is 0 Å². The Morgan fingerprint density at radius 2 is 1.95 bits per heavy atom. The summed E-state index contributed by atoms with van der Waals surface area (Å²) in [5, 5.41) is 3.87. The van der Waals surface area contributed by atoms with E-state index in [1.165, 1.54) is 0 Å². The first-order valence-electron chi connectivity index (χ1n) is 6.58. The van der Waals surface area contributed by atoms with Crippen molar-refractivity contribution in [3.05, 3.63) is 44.8 Å². The van der Waals surface area contributed by atoms with Crippen molar-refractivity contribution in [3.63, 3.8) is 0 Å². The number of benzene rings is 1. The number of nitrogens with one attached hydrogen (secondary N) is 1. The average Bonchev–Trinajstić information content (AvgIpc) is 2.41. The second-order valence-corrected chi connectivity index (χ2v) is 5.90. The van der Waals surface area contributed by atoms with E-state index < -0.39 is 0 Å². The van der Waals surface area contributed by atoms with Crippen LogP contribution in [0.3, 0.4) is 0 Å². The molecule has 0 atom stereocenters. The third-order valence-electron chi connectivity index (χ3n) is 3.13. The normalized spacial score (nSPS) is 10.7. The minimum absolute atomic E-state index is 0.513. The van der Waals surface area contributed by atoms with Crippen LogP contribution in [0.4, 0.5) is 11.5 Å². The van der Waals surface area contributed by atoms with Gasteiger partial charge in [0.2, 0.25) is 0 Å². The molecule has 2 rings (SSSR count). The zero-order chi connectivity index (χ0) is 14.7. The van der Waals surface area contributed by atoms with Crippen LogP contribution in [0.25, 0.3) is 0 Å². The zero-order valence-electron chi connectivity index (χ0n) is 11.8. The lowest BCUT2D eigenvalue weighted by molar-refractivity contribution is 0.833. The van der Waals surface area contributed by atoms with Gasteiger partial charge in [-0.05, 0) is 38.0 Å². The highest BCUT2D eigenvalue weighted by atomic mass is 79.9. The van der Waals surface area contributed by atoms with E-state index in [-0.39, 0.29) is 0 Å². The highest BCUT2D eigenvalue weighted by Gasteiger charge is 2.11. The third kappa shape index (κ3) is 3.30. The van der Waals surface area contributed by atoms with E-state index in [0.717, 1.165) is 45.8 Å². The number of rotatable bonds is 4. The largest absolute Gasteiger partial charge is 0.340 e. The summed E-state index contributed by atoms with van der Waals surface area (Å²) in [6, 6.07) is 6.03. The van der Waals surface area contributed by atoms with E-state index in [4.69, 9.17) is 11.6 Å². The summed E-state index contributed by atoms with van der Waals surface area (Å²) in [4.78, 5) is 8.88. The van der Waals surface area contributed by atoms with Gasteiger partial charge < -0.3 is 5.32 Å². The number of halogens is 2. The van der Waals surface area contributed by atoms with E-state index >= 15 is 0 Å². The van der Waals surface area contributed by atoms with Crippen molar-refractivity contribution in [2.24, 2.45) is 0 Å². The number of nitrogens with zero attached hydrogens (tertiary/aromatic N) is 2. The Bertz CT molecular complexity index is 629. The van der Waals surface area contributed by atoms with Crippen LogP contribution in [0, 0.1) is 13.8 Å². The van der Waals surface area contributed by atoms with E-state index in [0.29, 0.717) is 5.15 Å².